The smallest absolute Gasteiger partial charge is 0.238 e. The molecule has 1 aromatic heterocycles. The molecule has 0 aliphatic carbocycles. The molecule has 0 amide bonds. The van der Waals surface area contributed by atoms with Crippen molar-refractivity contribution in [2.45, 2.75) is 20.8 Å². The van der Waals surface area contributed by atoms with Gasteiger partial charge in [-0.25, -0.2) is 9.19 Å². The van der Waals surface area contributed by atoms with Crippen LogP contribution in [0.2, 0.25) is 0 Å². The number of anilines is 1. The van der Waals surface area contributed by atoms with Gasteiger partial charge in [0.25, 0.3) is 0 Å². The molecule has 0 saturated carbocycles. The Hall–Kier alpha value is -1.10. The molecule has 1 N–H and O–H groups in total. The summed E-state index contributed by atoms with van der Waals surface area (Å²) in [7, 11) is 0.422. The zero-order valence-corrected chi connectivity index (χ0v) is 10.6. The molecule has 1 atom stereocenters. The van der Waals surface area contributed by atoms with Crippen molar-refractivity contribution in [3.63, 3.8) is 0 Å². The summed E-state index contributed by atoms with van der Waals surface area (Å²) in [6, 6.07) is 1.84. The quantitative estimate of drug-likeness (QED) is 0.865. The van der Waals surface area contributed by atoms with Gasteiger partial charge in [0.15, 0.2) is 0 Å². The minimum atomic E-state index is -1.11. The first-order valence-corrected chi connectivity index (χ1v) is 6.30. The Kier molecular flexibility index (Phi) is 6.70. The highest BCUT2D eigenvalue weighted by Crippen LogP contribution is 2.21. The van der Waals surface area contributed by atoms with E-state index in [1.54, 1.807) is 12.5 Å². The number of rotatable bonds is 3. The van der Waals surface area contributed by atoms with Crippen LogP contribution in [-0.4, -0.2) is 22.6 Å². The first kappa shape index (κ1) is 13.9. The number of pyridine rings is 1. The van der Waals surface area contributed by atoms with E-state index in [0.29, 0.717) is 11.6 Å². The first-order chi connectivity index (χ1) is 7.13. The normalized spacial score (nSPS) is 11.0. The molecule has 15 heavy (non-hydrogen) atoms. The molecule has 4 nitrogen and oxygen atoms in total. The van der Waals surface area contributed by atoms with Gasteiger partial charge in [0.05, 0.1) is 7.11 Å². The molecule has 5 heteroatoms. The molecule has 1 unspecified atom stereocenters. The standard InChI is InChI=1S/C8H12N2O2S.C2H6/c1-6-4-7(10-13(3)11)8(12-2)9-5-6;1-2/h4-5,10H,1-3H3;1-2H3. The molecule has 0 bridgehead atoms. The molecular weight excluding hydrogens is 212 g/mol. The van der Waals surface area contributed by atoms with Crippen molar-refractivity contribution >= 4 is 16.7 Å². The largest absolute Gasteiger partial charge is 0.480 e. The Morgan fingerprint density at radius 1 is 1.47 bits per heavy atom. The van der Waals surface area contributed by atoms with Gasteiger partial charge in [-0.05, 0) is 18.6 Å². The third kappa shape index (κ3) is 4.78. The Balaban J connectivity index is 0.000000921. The molecule has 86 valence electrons. The van der Waals surface area contributed by atoms with E-state index < -0.39 is 11.0 Å². The predicted molar refractivity (Wildman–Crippen MR) is 64.6 cm³/mol. The lowest BCUT2D eigenvalue weighted by molar-refractivity contribution is 0.400. The summed E-state index contributed by atoms with van der Waals surface area (Å²) in [6.07, 6.45) is 3.25. The van der Waals surface area contributed by atoms with E-state index >= 15 is 0 Å². The number of nitrogens with zero attached hydrogens (tertiary/aromatic N) is 1. The number of nitrogens with one attached hydrogen (secondary N) is 1. The molecule has 0 aliphatic rings. The van der Waals surface area contributed by atoms with E-state index in [-0.39, 0.29) is 0 Å². The van der Waals surface area contributed by atoms with Crippen LogP contribution in [0.4, 0.5) is 5.69 Å². The van der Waals surface area contributed by atoms with Gasteiger partial charge in [0.1, 0.15) is 16.7 Å². The second kappa shape index (κ2) is 7.23. The van der Waals surface area contributed by atoms with Crippen molar-refractivity contribution in [1.82, 2.24) is 4.98 Å². The molecule has 1 aromatic rings. The topological polar surface area (TPSA) is 51.2 Å². The molecule has 0 spiro atoms. The van der Waals surface area contributed by atoms with Crippen LogP contribution < -0.4 is 9.46 Å². The summed E-state index contributed by atoms with van der Waals surface area (Å²) in [5.41, 5.74) is 1.65. The molecule has 0 saturated heterocycles. The Bertz CT molecular complexity index is 329. The van der Waals surface area contributed by atoms with Crippen molar-refractivity contribution in [3.05, 3.63) is 17.8 Å². The van der Waals surface area contributed by atoms with Gasteiger partial charge in [-0.15, -0.1) is 0 Å². The van der Waals surface area contributed by atoms with Crippen LogP contribution in [0, 0.1) is 6.92 Å². The lowest BCUT2D eigenvalue weighted by atomic mass is 10.3. The molecular formula is C10H18N2O2S. The fourth-order valence-corrected chi connectivity index (χ4v) is 1.40. The number of hydrogen-bond donors (Lipinski definition) is 1. The number of ether oxygens (including phenoxy) is 1. The monoisotopic (exact) mass is 230 g/mol. The van der Waals surface area contributed by atoms with Gasteiger partial charge >= 0.3 is 0 Å². The number of aromatic nitrogens is 1. The van der Waals surface area contributed by atoms with Crippen molar-refractivity contribution in [2.24, 2.45) is 0 Å². The molecule has 0 aromatic carbocycles. The van der Waals surface area contributed by atoms with Crippen molar-refractivity contribution in [2.75, 3.05) is 18.1 Å². The Morgan fingerprint density at radius 2 is 2.07 bits per heavy atom. The summed E-state index contributed by atoms with van der Waals surface area (Å²) in [4.78, 5) is 4.03. The van der Waals surface area contributed by atoms with Crippen molar-refractivity contribution in [3.8, 4) is 5.88 Å². The zero-order valence-electron chi connectivity index (χ0n) is 9.83. The third-order valence-corrected chi connectivity index (χ3v) is 1.94. The summed E-state index contributed by atoms with van der Waals surface area (Å²) < 4.78 is 18.7. The fourth-order valence-electron chi connectivity index (χ4n) is 0.947. The number of methoxy groups -OCH3 is 1. The van der Waals surface area contributed by atoms with Crippen molar-refractivity contribution in [1.29, 1.82) is 0 Å². The summed E-state index contributed by atoms with van der Waals surface area (Å²) in [6.45, 7) is 5.91. The van der Waals surface area contributed by atoms with Crippen LogP contribution in [-0.2, 0) is 11.0 Å². The molecule has 1 rings (SSSR count). The summed E-state index contributed by atoms with van der Waals surface area (Å²) in [5, 5.41) is 0. The van der Waals surface area contributed by atoms with Gasteiger partial charge in [-0.1, -0.05) is 13.8 Å². The lowest BCUT2D eigenvalue weighted by Gasteiger charge is -2.07. The van der Waals surface area contributed by atoms with Gasteiger partial charge in [0.2, 0.25) is 5.88 Å². The van der Waals surface area contributed by atoms with Crippen LogP contribution in [0.1, 0.15) is 19.4 Å². The van der Waals surface area contributed by atoms with Crippen molar-refractivity contribution < 1.29 is 8.95 Å². The predicted octanol–water partition coefficient (Wildman–Crippen LogP) is 2.13. The Morgan fingerprint density at radius 3 is 2.53 bits per heavy atom. The maximum absolute atomic E-state index is 10.9. The SMILES string of the molecule is CC.COc1ncc(C)cc1NS(C)=O. The van der Waals surface area contributed by atoms with Gasteiger partial charge in [-0.3, -0.25) is 0 Å². The van der Waals surface area contributed by atoms with Gasteiger partial charge in [-0.2, -0.15) is 0 Å². The molecule has 0 radical (unpaired) electrons. The van der Waals surface area contributed by atoms with Crippen LogP contribution in [0.15, 0.2) is 12.3 Å². The van der Waals surface area contributed by atoms with Crippen LogP contribution in [0.5, 0.6) is 5.88 Å². The minimum Gasteiger partial charge on any atom is -0.480 e. The van der Waals surface area contributed by atoms with E-state index in [1.807, 2.05) is 26.8 Å². The first-order valence-electron chi connectivity index (χ1n) is 4.74. The van der Waals surface area contributed by atoms with Gasteiger partial charge < -0.3 is 9.46 Å². The third-order valence-electron chi connectivity index (χ3n) is 1.43. The second-order valence-corrected chi connectivity index (χ2v) is 3.74. The second-order valence-electron chi connectivity index (χ2n) is 2.63. The van der Waals surface area contributed by atoms with Crippen LogP contribution in [0.3, 0.4) is 0 Å². The van der Waals surface area contributed by atoms with E-state index in [9.17, 15) is 4.21 Å². The molecule has 0 aliphatic heterocycles. The summed E-state index contributed by atoms with van der Waals surface area (Å²) in [5.74, 6) is 0.459. The lowest BCUT2D eigenvalue weighted by Crippen LogP contribution is -2.04. The number of hydrogen-bond acceptors (Lipinski definition) is 3. The van der Waals surface area contributed by atoms with Crippen LogP contribution in [0.25, 0.3) is 0 Å². The van der Waals surface area contributed by atoms with Crippen LogP contribution >= 0.6 is 0 Å². The maximum Gasteiger partial charge on any atom is 0.238 e. The van der Waals surface area contributed by atoms with E-state index in [1.165, 1.54) is 7.11 Å². The van der Waals surface area contributed by atoms with E-state index in [4.69, 9.17) is 4.74 Å². The highest BCUT2D eigenvalue weighted by atomic mass is 32.2. The highest BCUT2D eigenvalue weighted by molar-refractivity contribution is 7.85. The summed E-state index contributed by atoms with van der Waals surface area (Å²) >= 11 is 0. The molecule has 0 fully saturated rings. The average Bonchev–Trinajstić information content (AvgIpc) is 2.20. The van der Waals surface area contributed by atoms with E-state index in [0.717, 1.165) is 5.56 Å². The Labute approximate surface area is 93.7 Å². The molecule has 1 heterocycles. The van der Waals surface area contributed by atoms with E-state index in [2.05, 4.69) is 9.71 Å². The highest BCUT2D eigenvalue weighted by Gasteiger charge is 2.04. The van der Waals surface area contributed by atoms with Gasteiger partial charge in [0, 0.05) is 12.5 Å². The minimum absolute atomic E-state index is 0.459. The number of aryl methyl sites for hydroxylation is 1. The zero-order chi connectivity index (χ0) is 11.8. The fraction of sp³-hybridized carbons (Fsp3) is 0.500. The maximum atomic E-state index is 10.9. The average molecular weight is 230 g/mol.